The summed E-state index contributed by atoms with van der Waals surface area (Å²) in [5.41, 5.74) is 6.97. The Bertz CT molecular complexity index is 491. The molecule has 0 fully saturated rings. The highest BCUT2D eigenvalue weighted by atomic mass is 16.3. The standard InChI is InChI=1S/C12H12N2O2/c1-8(11(13)15)9-3-2-4-10(7-9)12-14-5-6-16-12/h2-8H,1H3,(H2,13,15). The van der Waals surface area contributed by atoms with Crippen molar-refractivity contribution in [2.75, 3.05) is 0 Å². The zero-order chi connectivity index (χ0) is 11.5. The normalized spacial score (nSPS) is 12.3. The smallest absolute Gasteiger partial charge is 0.225 e. The molecule has 2 N–H and O–H groups in total. The van der Waals surface area contributed by atoms with Crippen molar-refractivity contribution in [2.45, 2.75) is 12.8 Å². The lowest BCUT2D eigenvalue weighted by Gasteiger charge is -2.08. The van der Waals surface area contributed by atoms with Crippen molar-refractivity contribution in [1.82, 2.24) is 4.98 Å². The van der Waals surface area contributed by atoms with E-state index in [0.717, 1.165) is 11.1 Å². The highest BCUT2D eigenvalue weighted by molar-refractivity contribution is 5.81. The molecule has 1 atom stereocenters. The number of carbonyl (C=O) groups excluding carboxylic acids is 1. The van der Waals surface area contributed by atoms with Crippen LogP contribution < -0.4 is 5.73 Å². The Morgan fingerprint density at radius 1 is 1.50 bits per heavy atom. The lowest BCUT2D eigenvalue weighted by atomic mass is 9.98. The quantitative estimate of drug-likeness (QED) is 0.852. The van der Waals surface area contributed by atoms with Crippen molar-refractivity contribution in [1.29, 1.82) is 0 Å². The average Bonchev–Trinajstić information content (AvgIpc) is 2.81. The zero-order valence-corrected chi connectivity index (χ0v) is 8.88. The molecule has 0 radical (unpaired) electrons. The van der Waals surface area contributed by atoms with Crippen LogP contribution in [0.2, 0.25) is 0 Å². The predicted molar refractivity (Wildman–Crippen MR) is 59.5 cm³/mol. The molecule has 0 spiro atoms. The molecular weight excluding hydrogens is 204 g/mol. The molecule has 0 aliphatic carbocycles. The van der Waals surface area contributed by atoms with E-state index in [4.69, 9.17) is 10.2 Å². The third kappa shape index (κ3) is 1.95. The van der Waals surface area contributed by atoms with Crippen molar-refractivity contribution in [3.05, 3.63) is 42.3 Å². The van der Waals surface area contributed by atoms with E-state index < -0.39 is 0 Å². The Kier molecular flexibility index (Phi) is 2.72. The number of amides is 1. The minimum absolute atomic E-state index is 0.310. The van der Waals surface area contributed by atoms with Gasteiger partial charge in [0.15, 0.2) is 0 Å². The predicted octanol–water partition coefficient (Wildman–Crippen LogP) is 1.93. The molecule has 1 unspecified atom stereocenters. The van der Waals surface area contributed by atoms with Gasteiger partial charge in [-0.05, 0) is 24.6 Å². The number of carbonyl (C=O) groups is 1. The minimum Gasteiger partial charge on any atom is -0.445 e. The van der Waals surface area contributed by atoms with Crippen molar-refractivity contribution in [2.24, 2.45) is 5.73 Å². The van der Waals surface area contributed by atoms with Crippen LogP contribution in [0.25, 0.3) is 11.5 Å². The molecule has 2 rings (SSSR count). The molecule has 0 saturated carbocycles. The van der Waals surface area contributed by atoms with E-state index in [9.17, 15) is 4.79 Å². The number of aromatic nitrogens is 1. The van der Waals surface area contributed by atoms with Gasteiger partial charge in [-0.25, -0.2) is 4.98 Å². The summed E-state index contributed by atoms with van der Waals surface area (Å²) in [6.45, 7) is 1.77. The maximum absolute atomic E-state index is 11.1. The molecular formula is C12H12N2O2. The molecule has 1 heterocycles. The summed E-state index contributed by atoms with van der Waals surface area (Å²) in [4.78, 5) is 15.1. The van der Waals surface area contributed by atoms with Gasteiger partial charge in [-0.2, -0.15) is 0 Å². The number of rotatable bonds is 3. The third-order valence-corrected chi connectivity index (χ3v) is 2.49. The highest BCUT2D eigenvalue weighted by Gasteiger charge is 2.12. The minimum atomic E-state index is -0.343. The first-order chi connectivity index (χ1) is 7.68. The average molecular weight is 216 g/mol. The largest absolute Gasteiger partial charge is 0.445 e. The van der Waals surface area contributed by atoms with Gasteiger partial charge in [0.1, 0.15) is 6.26 Å². The van der Waals surface area contributed by atoms with E-state index in [0.29, 0.717) is 5.89 Å². The van der Waals surface area contributed by atoms with Gasteiger partial charge in [0.2, 0.25) is 11.8 Å². The lowest BCUT2D eigenvalue weighted by molar-refractivity contribution is -0.119. The van der Waals surface area contributed by atoms with E-state index in [-0.39, 0.29) is 11.8 Å². The summed E-state index contributed by atoms with van der Waals surface area (Å²) >= 11 is 0. The van der Waals surface area contributed by atoms with Crippen LogP contribution in [-0.4, -0.2) is 10.9 Å². The Morgan fingerprint density at radius 3 is 2.94 bits per heavy atom. The maximum Gasteiger partial charge on any atom is 0.225 e. The number of nitrogens with two attached hydrogens (primary N) is 1. The number of benzene rings is 1. The number of oxazole rings is 1. The van der Waals surface area contributed by atoms with Gasteiger partial charge in [-0.3, -0.25) is 4.79 Å². The fourth-order valence-corrected chi connectivity index (χ4v) is 1.47. The summed E-state index contributed by atoms with van der Waals surface area (Å²) in [6.07, 6.45) is 3.10. The van der Waals surface area contributed by atoms with E-state index in [1.54, 1.807) is 13.1 Å². The van der Waals surface area contributed by atoms with Crippen LogP contribution in [0.3, 0.4) is 0 Å². The molecule has 0 aliphatic heterocycles. The molecule has 1 aromatic heterocycles. The molecule has 4 heteroatoms. The number of primary amides is 1. The van der Waals surface area contributed by atoms with Crippen LogP contribution in [0, 0.1) is 0 Å². The molecule has 16 heavy (non-hydrogen) atoms. The Morgan fingerprint density at radius 2 is 2.31 bits per heavy atom. The van der Waals surface area contributed by atoms with Gasteiger partial charge >= 0.3 is 0 Å². The van der Waals surface area contributed by atoms with Crippen molar-refractivity contribution in [3.8, 4) is 11.5 Å². The van der Waals surface area contributed by atoms with Crippen LogP contribution >= 0.6 is 0 Å². The first-order valence-corrected chi connectivity index (χ1v) is 4.97. The van der Waals surface area contributed by atoms with Crippen LogP contribution in [0.15, 0.2) is 41.1 Å². The van der Waals surface area contributed by atoms with E-state index in [2.05, 4.69) is 4.98 Å². The molecule has 1 amide bonds. The highest BCUT2D eigenvalue weighted by Crippen LogP contribution is 2.22. The molecule has 2 aromatic rings. The summed E-state index contributed by atoms with van der Waals surface area (Å²) in [6, 6.07) is 7.46. The first-order valence-electron chi connectivity index (χ1n) is 4.97. The second-order valence-corrected chi connectivity index (χ2v) is 3.59. The fraction of sp³-hybridized carbons (Fsp3) is 0.167. The molecule has 82 valence electrons. The van der Waals surface area contributed by atoms with Gasteiger partial charge in [-0.15, -0.1) is 0 Å². The van der Waals surface area contributed by atoms with Gasteiger partial charge in [-0.1, -0.05) is 12.1 Å². The monoisotopic (exact) mass is 216 g/mol. The molecule has 0 aliphatic rings. The molecule has 1 aromatic carbocycles. The van der Waals surface area contributed by atoms with E-state index in [1.165, 1.54) is 6.26 Å². The molecule has 0 bridgehead atoms. The summed E-state index contributed by atoms with van der Waals surface area (Å²) in [5.74, 6) is -0.113. The SMILES string of the molecule is CC(C(N)=O)c1cccc(-c2ncco2)c1. The topological polar surface area (TPSA) is 69.1 Å². The van der Waals surface area contributed by atoms with Crippen molar-refractivity contribution in [3.63, 3.8) is 0 Å². The van der Waals surface area contributed by atoms with E-state index >= 15 is 0 Å². The lowest BCUT2D eigenvalue weighted by Crippen LogP contribution is -2.18. The summed E-state index contributed by atoms with van der Waals surface area (Å²) < 4.78 is 5.19. The van der Waals surface area contributed by atoms with Crippen molar-refractivity contribution >= 4 is 5.91 Å². The summed E-state index contributed by atoms with van der Waals surface area (Å²) in [5, 5.41) is 0. The fourth-order valence-electron chi connectivity index (χ4n) is 1.47. The second-order valence-electron chi connectivity index (χ2n) is 3.59. The summed E-state index contributed by atoms with van der Waals surface area (Å²) in [7, 11) is 0. The van der Waals surface area contributed by atoms with Gasteiger partial charge in [0, 0.05) is 5.56 Å². The van der Waals surface area contributed by atoms with Crippen LogP contribution in [-0.2, 0) is 4.79 Å². The maximum atomic E-state index is 11.1. The van der Waals surface area contributed by atoms with Crippen LogP contribution in [0.4, 0.5) is 0 Å². The zero-order valence-electron chi connectivity index (χ0n) is 8.88. The Hall–Kier alpha value is -2.10. The second kappa shape index (κ2) is 4.18. The number of hydrogen-bond acceptors (Lipinski definition) is 3. The van der Waals surface area contributed by atoms with Crippen LogP contribution in [0.5, 0.6) is 0 Å². The Balaban J connectivity index is 2.37. The van der Waals surface area contributed by atoms with Crippen LogP contribution in [0.1, 0.15) is 18.4 Å². The molecule has 4 nitrogen and oxygen atoms in total. The number of hydrogen-bond donors (Lipinski definition) is 1. The van der Waals surface area contributed by atoms with E-state index in [1.807, 2.05) is 24.3 Å². The third-order valence-electron chi connectivity index (χ3n) is 2.49. The van der Waals surface area contributed by atoms with Gasteiger partial charge in [0.05, 0.1) is 12.1 Å². The number of nitrogens with zero attached hydrogens (tertiary/aromatic N) is 1. The van der Waals surface area contributed by atoms with Gasteiger partial charge in [0.25, 0.3) is 0 Å². The van der Waals surface area contributed by atoms with Crippen molar-refractivity contribution < 1.29 is 9.21 Å². The Labute approximate surface area is 93.1 Å². The van der Waals surface area contributed by atoms with Gasteiger partial charge < -0.3 is 10.2 Å². The first kappa shape index (κ1) is 10.4. The molecule has 0 saturated heterocycles.